The van der Waals surface area contributed by atoms with E-state index in [9.17, 15) is 0 Å². The molecule has 0 fully saturated rings. The van der Waals surface area contributed by atoms with Crippen molar-refractivity contribution in [2.24, 2.45) is 0 Å². The van der Waals surface area contributed by atoms with Crippen molar-refractivity contribution in [2.75, 3.05) is 17.3 Å². The van der Waals surface area contributed by atoms with Crippen molar-refractivity contribution >= 4 is 17.1 Å². The Morgan fingerprint density at radius 2 is 1.71 bits per heavy atom. The molecule has 0 saturated heterocycles. The summed E-state index contributed by atoms with van der Waals surface area (Å²) in [5.41, 5.74) is 7.23. The second-order valence-electron chi connectivity index (χ2n) is 6.27. The average molecular weight is 278 g/mol. The molecular formula is C19H22N2. The Labute approximate surface area is 127 Å². The summed E-state index contributed by atoms with van der Waals surface area (Å²) in [7, 11) is 2.09. The van der Waals surface area contributed by atoms with Crippen LogP contribution in [0.25, 0.3) is 0 Å². The first kappa shape index (κ1) is 13.7. The van der Waals surface area contributed by atoms with Crippen molar-refractivity contribution in [3.8, 4) is 0 Å². The molecule has 0 aromatic heterocycles. The summed E-state index contributed by atoms with van der Waals surface area (Å²) < 4.78 is 0. The van der Waals surface area contributed by atoms with E-state index in [1.54, 1.807) is 0 Å². The van der Waals surface area contributed by atoms with Crippen LogP contribution in [0.15, 0.2) is 54.7 Å². The van der Waals surface area contributed by atoms with E-state index in [1.807, 2.05) is 6.07 Å². The van der Waals surface area contributed by atoms with Gasteiger partial charge in [0.1, 0.15) is 0 Å². The van der Waals surface area contributed by atoms with Gasteiger partial charge in [0.05, 0.1) is 0 Å². The van der Waals surface area contributed by atoms with Crippen LogP contribution in [-0.2, 0) is 5.41 Å². The third-order valence-corrected chi connectivity index (χ3v) is 4.55. The number of fused-ring (bicyclic) bond motifs is 1. The zero-order valence-corrected chi connectivity index (χ0v) is 13.2. The molecule has 3 rings (SSSR count). The summed E-state index contributed by atoms with van der Waals surface area (Å²) >= 11 is 0. The lowest BCUT2D eigenvalue weighted by atomic mass is 9.82. The van der Waals surface area contributed by atoms with Gasteiger partial charge >= 0.3 is 0 Å². The fraction of sp³-hybridized carbons (Fsp3) is 0.263. The highest BCUT2D eigenvalue weighted by Gasteiger charge is 2.39. The van der Waals surface area contributed by atoms with Crippen LogP contribution in [0.3, 0.4) is 0 Å². The molecule has 0 amide bonds. The third-order valence-electron chi connectivity index (χ3n) is 4.55. The number of likely N-dealkylation sites (N-methyl/N-ethyl adjacent to an activating group) is 1. The molecule has 2 aromatic rings. The van der Waals surface area contributed by atoms with E-state index in [4.69, 9.17) is 0 Å². The third kappa shape index (κ3) is 2.02. The van der Waals surface area contributed by atoms with Crippen molar-refractivity contribution in [3.05, 3.63) is 65.9 Å². The van der Waals surface area contributed by atoms with Crippen LogP contribution in [0.4, 0.5) is 17.1 Å². The summed E-state index contributed by atoms with van der Waals surface area (Å²) in [6.45, 7) is 10.9. The maximum absolute atomic E-state index is 4.28. The van der Waals surface area contributed by atoms with Crippen molar-refractivity contribution in [1.29, 1.82) is 0 Å². The molecular weight excluding hydrogens is 256 g/mol. The lowest BCUT2D eigenvalue weighted by Crippen LogP contribution is -2.22. The standard InChI is InChI=1S/C19H22N2/c1-13-11-12-16-17(19(3,4)14(2)21(16)5)18(13)20-15-9-7-6-8-10-15/h6-12,20H,2H2,1,3-5H3. The molecule has 0 bridgehead atoms. The number of nitrogens with one attached hydrogen (secondary N) is 1. The van der Waals surface area contributed by atoms with Crippen LogP contribution in [-0.4, -0.2) is 7.05 Å². The molecule has 0 aliphatic carbocycles. The van der Waals surface area contributed by atoms with Crippen molar-refractivity contribution in [2.45, 2.75) is 26.2 Å². The molecule has 21 heavy (non-hydrogen) atoms. The monoisotopic (exact) mass is 278 g/mol. The fourth-order valence-electron chi connectivity index (χ4n) is 3.14. The zero-order valence-electron chi connectivity index (χ0n) is 13.2. The molecule has 0 atom stereocenters. The van der Waals surface area contributed by atoms with Crippen LogP contribution in [0, 0.1) is 6.92 Å². The van der Waals surface area contributed by atoms with Gasteiger partial charge in [-0.25, -0.2) is 0 Å². The predicted molar refractivity (Wildman–Crippen MR) is 91.5 cm³/mol. The Balaban J connectivity index is 2.17. The number of benzene rings is 2. The van der Waals surface area contributed by atoms with E-state index in [0.717, 1.165) is 11.4 Å². The molecule has 0 unspecified atom stereocenters. The van der Waals surface area contributed by atoms with Crippen molar-refractivity contribution in [3.63, 3.8) is 0 Å². The van der Waals surface area contributed by atoms with Gasteiger partial charge in [0.2, 0.25) is 0 Å². The van der Waals surface area contributed by atoms with E-state index < -0.39 is 0 Å². The molecule has 2 aromatic carbocycles. The molecule has 0 radical (unpaired) electrons. The maximum Gasteiger partial charge on any atom is 0.0477 e. The minimum Gasteiger partial charge on any atom is -0.355 e. The quantitative estimate of drug-likeness (QED) is 0.833. The second kappa shape index (κ2) is 4.66. The number of anilines is 3. The first-order chi connectivity index (χ1) is 9.93. The zero-order chi connectivity index (χ0) is 15.2. The van der Waals surface area contributed by atoms with Crippen LogP contribution >= 0.6 is 0 Å². The summed E-state index contributed by atoms with van der Waals surface area (Å²) in [4.78, 5) is 2.20. The highest BCUT2D eigenvalue weighted by Crippen LogP contribution is 2.50. The minimum absolute atomic E-state index is 0.0623. The number of allylic oxidation sites excluding steroid dienone is 1. The van der Waals surface area contributed by atoms with Crippen LogP contribution in [0.2, 0.25) is 0 Å². The Morgan fingerprint density at radius 1 is 1.05 bits per heavy atom. The average Bonchev–Trinajstić information content (AvgIpc) is 2.64. The fourth-order valence-corrected chi connectivity index (χ4v) is 3.14. The Hall–Kier alpha value is -2.22. The van der Waals surface area contributed by atoms with Crippen LogP contribution in [0.5, 0.6) is 0 Å². The van der Waals surface area contributed by atoms with E-state index in [2.05, 4.69) is 81.0 Å². The lowest BCUT2D eigenvalue weighted by molar-refractivity contribution is 0.644. The SMILES string of the molecule is C=C1N(C)c2ccc(C)c(Nc3ccccc3)c2C1(C)C. The molecule has 1 aliphatic rings. The normalized spacial score (nSPS) is 16.0. The molecule has 2 nitrogen and oxygen atoms in total. The number of hydrogen-bond donors (Lipinski definition) is 1. The van der Waals surface area contributed by atoms with Gasteiger partial charge in [0.15, 0.2) is 0 Å². The number of nitrogens with zero attached hydrogens (tertiary/aromatic N) is 1. The number of para-hydroxylation sites is 1. The molecule has 0 spiro atoms. The summed E-state index contributed by atoms with van der Waals surface area (Å²) in [5.74, 6) is 0. The number of hydrogen-bond acceptors (Lipinski definition) is 2. The first-order valence-corrected chi connectivity index (χ1v) is 7.32. The van der Waals surface area contributed by atoms with Crippen molar-refractivity contribution < 1.29 is 0 Å². The predicted octanol–water partition coefficient (Wildman–Crippen LogP) is 4.98. The molecule has 1 aliphatic heterocycles. The van der Waals surface area contributed by atoms with Crippen LogP contribution < -0.4 is 10.2 Å². The number of rotatable bonds is 2. The Morgan fingerprint density at radius 3 is 2.38 bits per heavy atom. The highest BCUT2D eigenvalue weighted by atomic mass is 15.2. The molecule has 108 valence electrons. The van der Waals surface area contributed by atoms with E-state index in [-0.39, 0.29) is 5.41 Å². The van der Waals surface area contributed by atoms with Gasteiger partial charge in [0, 0.05) is 40.8 Å². The van der Waals surface area contributed by atoms with E-state index in [1.165, 1.54) is 22.5 Å². The summed E-state index contributed by atoms with van der Waals surface area (Å²) in [6.07, 6.45) is 0. The van der Waals surface area contributed by atoms with Gasteiger partial charge in [-0.15, -0.1) is 0 Å². The molecule has 1 heterocycles. The van der Waals surface area contributed by atoms with E-state index >= 15 is 0 Å². The maximum atomic E-state index is 4.28. The first-order valence-electron chi connectivity index (χ1n) is 7.32. The number of aryl methyl sites for hydroxylation is 1. The van der Waals surface area contributed by atoms with Gasteiger partial charge in [-0.3, -0.25) is 0 Å². The topological polar surface area (TPSA) is 15.3 Å². The largest absolute Gasteiger partial charge is 0.355 e. The highest BCUT2D eigenvalue weighted by molar-refractivity contribution is 5.82. The Kier molecular flexibility index (Phi) is 3.05. The molecule has 0 saturated carbocycles. The van der Waals surface area contributed by atoms with Gasteiger partial charge in [-0.1, -0.05) is 44.7 Å². The van der Waals surface area contributed by atoms with Gasteiger partial charge in [-0.2, -0.15) is 0 Å². The summed E-state index contributed by atoms with van der Waals surface area (Å²) in [5, 5.41) is 3.60. The smallest absolute Gasteiger partial charge is 0.0477 e. The summed E-state index contributed by atoms with van der Waals surface area (Å²) in [6, 6.07) is 14.7. The minimum atomic E-state index is -0.0623. The van der Waals surface area contributed by atoms with Gasteiger partial charge in [0.25, 0.3) is 0 Å². The van der Waals surface area contributed by atoms with Gasteiger partial charge < -0.3 is 10.2 Å². The Bertz CT molecular complexity index is 699. The lowest BCUT2D eigenvalue weighted by Gasteiger charge is -2.24. The van der Waals surface area contributed by atoms with Crippen molar-refractivity contribution in [1.82, 2.24) is 0 Å². The van der Waals surface area contributed by atoms with Crippen LogP contribution in [0.1, 0.15) is 25.0 Å². The second-order valence-corrected chi connectivity index (χ2v) is 6.27. The molecule has 2 heteroatoms. The van der Waals surface area contributed by atoms with E-state index in [0.29, 0.717) is 0 Å². The molecule has 1 N–H and O–H groups in total. The van der Waals surface area contributed by atoms with Gasteiger partial charge in [-0.05, 0) is 30.7 Å².